The lowest BCUT2D eigenvalue weighted by atomic mass is 10.2. The summed E-state index contributed by atoms with van der Waals surface area (Å²) in [5.74, 6) is -0.0579. The van der Waals surface area contributed by atoms with Crippen LogP contribution in [0.15, 0.2) is 41.3 Å². The number of anilines is 1. The van der Waals surface area contributed by atoms with Gasteiger partial charge in [-0.1, -0.05) is 49.4 Å². The molecule has 0 aromatic heterocycles. The lowest BCUT2D eigenvalue weighted by Gasteiger charge is -2.34. The maximum atomic E-state index is 13.0. The van der Waals surface area contributed by atoms with Crippen LogP contribution in [-0.2, 0) is 14.8 Å². The van der Waals surface area contributed by atoms with Gasteiger partial charge in [-0.05, 0) is 56.7 Å². The second-order valence-corrected chi connectivity index (χ2v) is 11.5. The molecule has 1 N–H and O–H groups in total. The van der Waals surface area contributed by atoms with Gasteiger partial charge in [0.05, 0.1) is 33.8 Å². The van der Waals surface area contributed by atoms with Gasteiger partial charge in [0.15, 0.2) is 5.75 Å². The average Bonchev–Trinajstić information content (AvgIpc) is 2.80. The SMILES string of the molecule is CCCCCCOc1c(Cl)cc(C(=O)Nc2ccc(S(=O)(=O)N3CC(C)OC(C)C3)cc2)cc1Cl. The van der Waals surface area contributed by atoms with Crippen molar-refractivity contribution in [2.24, 2.45) is 0 Å². The largest absolute Gasteiger partial charge is 0.490 e. The van der Waals surface area contributed by atoms with Gasteiger partial charge in [-0.2, -0.15) is 4.31 Å². The van der Waals surface area contributed by atoms with Crippen LogP contribution in [0.4, 0.5) is 5.69 Å². The van der Waals surface area contributed by atoms with Gasteiger partial charge in [-0.3, -0.25) is 4.79 Å². The predicted octanol–water partition coefficient (Wildman–Crippen LogP) is 6.00. The van der Waals surface area contributed by atoms with Gasteiger partial charge < -0.3 is 14.8 Å². The van der Waals surface area contributed by atoms with Gasteiger partial charge in [-0.25, -0.2) is 8.42 Å². The zero-order chi connectivity index (χ0) is 25.6. The molecule has 1 saturated heterocycles. The average molecular weight is 544 g/mol. The number of amides is 1. The summed E-state index contributed by atoms with van der Waals surface area (Å²) in [5, 5.41) is 3.26. The molecule has 35 heavy (non-hydrogen) atoms. The molecule has 2 atom stereocenters. The van der Waals surface area contributed by atoms with E-state index >= 15 is 0 Å². The number of hydrogen-bond acceptors (Lipinski definition) is 5. The molecule has 1 aliphatic heterocycles. The zero-order valence-electron chi connectivity index (χ0n) is 20.2. The van der Waals surface area contributed by atoms with Gasteiger partial charge in [0, 0.05) is 24.3 Å². The van der Waals surface area contributed by atoms with E-state index in [0.29, 0.717) is 31.1 Å². The summed E-state index contributed by atoms with van der Waals surface area (Å²) in [6, 6.07) is 9.06. The van der Waals surface area contributed by atoms with Crippen LogP contribution in [0.2, 0.25) is 10.0 Å². The quantitative estimate of drug-likeness (QED) is 0.372. The Balaban J connectivity index is 1.65. The molecule has 0 radical (unpaired) electrons. The molecule has 1 amide bonds. The lowest BCUT2D eigenvalue weighted by molar-refractivity contribution is -0.0440. The first-order chi connectivity index (χ1) is 16.6. The lowest BCUT2D eigenvalue weighted by Crippen LogP contribution is -2.48. The van der Waals surface area contributed by atoms with E-state index in [0.717, 1.165) is 25.7 Å². The normalized spacial score (nSPS) is 18.9. The van der Waals surface area contributed by atoms with Crippen molar-refractivity contribution in [3.8, 4) is 5.75 Å². The van der Waals surface area contributed by atoms with Gasteiger partial charge in [-0.15, -0.1) is 0 Å². The van der Waals surface area contributed by atoms with Crippen LogP contribution >= 0.6 is 23.2 Å². The van der Waals surface area contributed by atoms with Crippen LogP contribution in [0, 0.1) is 0 Å². The first kappa shape index (κ1) is 27.7. The Morgan fingerprint density at radius 3 is 2.23 bits per heavy atom. The van der Waals surface area contributed by atoms with Crippen molar-refractivity contribution in [3.05, 3.63) is 52.0 Å². The molecule has 10 heteroatoms. The number of morpholine rings is 1. The number of halogens is 2. The van der Waals surface area contributed by atoms with Crippen LogP contribution < -0.4 is 10.1 Å². The minimum Gasteiger partial charge on any atom is -0.490 e. The molecule has 7 nitrogen and oxygen atoms in total. The minimum atomic E-state index is -3.66. The summed E-state index contributed by atoms with van der Waals surface area (Å²) < 4.78 is 38.8. The van der Waals surface area contributed by atoms with Crippen molar-refractivity contribution >= 4 is 44.8 Å². The van der Waals surface area contributed by atoms with E-state index in [1.165, 1.54) is 28.6 Å². The van der Waals surface area contributed by atoms with Crippen molar-refractivity contribution < 1.29 is 22.7 Å². The van der Waals surface area contributed by atoms with Crippen molar-refractivity contribution in [2.75, 3.05) is 25.0 Å². The Morgan fingerprint density at radius 1 is 1.06 bits per heavy atom. The summed E-state index contributed by atoms with van der Waals surface area (Å²) in [6.45, 7) is 6.93. The number of sulfonamides is 1. The van der Waals surface area contributed by atoms with Gasteiger partial charge in [0.25, 0.3) is 5.91 Å². The second-order valence-electron chi connectivity index (χ2n) is 8.74. The molecule has 1 aliphatic rings. The third-order valence-corrected chi connectivity index (χ3v) is 8.05. The van der Waals surface area contributed by atoms with Crippen molar-refractivity contribution in [1.29, 1.82) is 0 Å². The summed E-state index contributed by atoms with van der Waals surface area (Å²) in [4.78, 5) is 12.9. The molecule has 2 unspecified atom stereocenters. The molecular weight excluding hydrogens is 511 g/mol. The number of carbonyl (C=O) groups is 1. The smallest absolute Gasteiger partial charge is 0.255 e. The fourth-order valence-corrected chi connectivity index (χ4v) is 6.11. The van der Waals surface area contributed by atoms with E-state index in [1.54, 1.807) is 12.1 Å². The summed E-state index contributed by atoms with van der Waals surface area (Å²) in [5.41, 5.74) is 0.715. The Labute approximate surface area is 217 Å². The molecule has 2 aromatic carbocycles. The van der Waals surface area contributed by atoms with Crippen LogP contribution in [0.5, 0.6) is 5.75 Å². The fourth-order valence-electron chi connectivity index (χ4n) is 3.92. The number of hydrogen-bond donors (Lipinski definition) is 1. The van der Waals surface area contributed by atoms with E-state index in [4.69, 9.17) is 32.7 Å². The summed E-state index contributed by atoms with van der Waals surface area (Å²) in [7, 11) is -3.66. The Kier molecular flexibility index (Phi) is 9.84. The van der Waals surface area contributed by atoms with E-state index in [9.17, 15) is 13.2 Å². The maximum absolute atomic E-state index is 13.0. The number of nitrogens with zero attached hydrogens (tertiary/aromatic N) is 1. The second kappa shape index (κ2) is 12.4. The molecule has 0 bridgehead atoms. The Morgan fingerprint density at radius 2 is 1.66 bits per heavy atom. The van der Waals surface area contributed by atoms with Gasteiger partial charge >= 0.3 is 0 Å². The Bertz CT molecular complexity index is 1090. The standard InChI is InChI=1S/C25H32Cl2N2O5S/c1-4-5-6-7-12-33-24-22(26)13-19(14-23(24)27)25(30)28-20-8-10-21(11-9-20)35(31,32)29-15-17(2)34-18(3)16-29/h8-11,13-14,17-18H,4-7,12,15-16H2,1-3H3,(H,28,30). The predicted molar refractivity (Wildman–Crippen MR) is 139 cm³/mol. The number of carbonyl (C=O) groups excluding carboxylic acids is 1. The molecule has 0 spiro atoms. The van der Waals surface area contributed by atoms with Crippen LogP contribution in [0.3, 0.4) is 0 Å². The van der Waals surface area contributed by atoms with E-state index in [2.05, 4.69) is 12.2 Å². The van der Waals surface area contributed by atoms with Crippen LogP contribution in [-0.4, -0.2) is 50.5 Å². The molecule has 1 fully saturated rings. The third-order valence-electron chi connectivity index (χ3n) is 5.64. The van der Waals surface area contributed by atoms with Crippen molar-refractivity contribution in [1.82, 2.24) is 4.31 Å². The molecule has 2 aromatic rings. The summed E-state index contributed by atoms with van der Waals surface area (Å²) in [6.07, 6.45) is 3.89. The Hall–Kier alpha value is -1.84. The topological polar surface area (TPSA) is 84.9 Å². The highest BCUT2D eigenvalue weighted by atomic mass is 35.5. The first-order valence-electron chi connectivity index (χ1n) is 11.8. The third kappa shape index (κ3) is 7.33. The van der Waals surface area contributed by atoms with Crippen molar-refractivity contribution in [2.45, 2.75) is 63.6 Å². The fraction of sp³-hybridized carbons (Fsp3) is 0.480. The highest BCUT2D eigenvalue weighted by molar-refractivity contribution is 7.89. The number of ether oxygens (including phenoxy) is 2. The van der Waals surface area contributed by atoms with E-state index < -0.39 is 15.9 Å². The molecule has 0 aliphatic carbocycles. The highest BCUT2D eigenvalue weighted by Gasteiger charge is 2.32. The number of benzene rings is 2. The van der Waals surface area contributed by atoms with E-state index in [1.807, 2.05) is 13.8 Å². The molecule has 1 heterocycles. The minimum absolute atomic E-state index is 0.156. The van der Waals surface area contributed by atoms with Gasteiger partial charge in [0.1, 0.15) is 0 Å². The van der Waals surface area contributed by atoms with Crippen LogP contribution in [0.25, 0.3) is 0 Å². The van der Waals surface area contributed by atoms with E-state index in [-0.39, 0.29) is 32.7 Å². The van der Waals surface area contributed by atoms with Crippen LogP contribution in [0.1, 0.15) is 56.8 Å². The molecule has 0 saturated carbocycles. The molecule has 192 valence electrons. The first-order valence-corrected chi connectivity index (χ1v) is 14.0. The summed E-state index contributed by atoms with van der Waals surface area (Å²) >= 11 is 12.6. The number of nitrogens with one attached hydrogen (secondary N) is 1. The molecular formula is C25H32Cl2N2O5S. The molecule has 3 rings (SSSR count). The monoisotopic (exact) mass is 542 g/mol. The zero-order valence-corrected chi connectivity index (χ0v) is 22.5. The van der Waals surface area contributed by atoms with Gasteiger partial charge in [0.2, 0.25) is 10.0 Å². The number of rotatable bonds is 10. The highest BCUT2D eigenvalue weighted by Crippen LogP contribution is 2.34. The van der Waals surface area contributed by atoms with Crippen molar-refractivity contribution in [3.63, 3.8) is 0 Å². The number of unbranched alkanes of at least 4 members (excludes halogenated alkanes) is 3. The maximum Gasteiger partial charge on any atom is 0.255 e.